The molecule has 2 amide bonds. The van der Waals surface area contributed by atoms with Gasteiger partial charge in [-0.2, -0.15) is 13.2 Å². The van der Waals surface area contributed by atoms with E-state index in [1.54, 1.807) is 25.1 Å². The average molecular weight is 371 g/mol. The fraction of sp³-hybridized carbons (Fsp3) is 0.176. The van der Waals surface area contributed by atoms with Crippen molar-refractivity contribution in [1.29, 1.82) is 0 Å². The Hall–Kier alpha value is -2.54. The van der Waals surface area contributed by atoms with Crippen LogP contribution in [0.15, 0.2) is 42.5 Å². The second-order valence-corrected chi connectivity index (χ2v) is 5.72. The van der Waals surface area contributed by atoms with E-state index in [4.69, 9.17) is 11.6 Å². The van der Waals surface area contributed by atoms with Gasteiger partial charge in [-0.1, -0.05) is 23.7 Å². The van der Waals surface area contributed by atoms with Crippen LogP contribution in [0, 0.1) is 6.92 Å². The largest absolute Gasteiger partial charge is 0.416 e. The summed E-state index contributed by atoms with van der Waals surface area (Å²) < 4.78 is 37.9. The summed E-state index contributed by atoms with van der Waals surface area (Å²) >= 11 is 5.94. The molecule has 2 aromatic rings. The molecule has 2 aromatic carbocycles. The lowest BCUT2D eigenvalue weighted by molar-refractivity contribution is -0.137. The van der Waals surface area contributed by atoms with Gasteiger partial charge in [-0.25, -0.2) is 0 Å². The van der Waals surface area contributed by atoms with E-state index in [9.17, 15) is 22.8 Å². The minimum absolute atomic E-state index is 0.0361. The molecule has 0 heterocycles. The Balaban J connectivity index is 1.95. The molecule has 2 N–H and O–H groups in total. The smallest absolute Gasteiger partial charge is 0.326 e. The molecule has 0 saturated heterocycles. The summed E-state index contributed by atoms with van der Waals surface area (Å²) in [6.07, 6.45) is -5.05. The first-order valence-corrected chi connectivity index (χ1v) is 7.56. The topological polar surface area (TPSA) is 58.2 Å². The number of hydrogen-bond acceptors (Lipinski definition) is 2. The highest BCUT2D eigenvalue weighted by Gasteiger charge is 2.30. The number of anilines is 2. The highest BCUT2D eigenvalue weighted by molar-refractivity contribution is 6.31. The second kappa shape index (κ2) is 7.57. The summed E-state index contributed by atoms with van der Waals surface area (Å²) in [6.45, 7) is 1.80. The van der Waals surface area contributed by atoms with Gasteiger partial charge < -0.3 is 10.6 Å². The van der Waals surface area contributed by atoms with Crippen molar-refractivity contribution >= 4 is 34.8 Å². The molecule has 0 aromatic heterocycles. The van der Waals surface area contributed by atoms with Gasteiger partial charge in [-0.3, -0.25) is 9.59 Å². The van der Waals surface area contributed by atoms with E-state index in [0.29, 0.717) is 10.7 Å². The Morgan fingerprint density at radius 1 is 1.00 bits per heavy atom. The quantitative estimate of drug-likeness (QED) is 0.771. The number of aryl methyl sites for hydroxylation is 1. The molecule has 2 rings (SSSR count). The van der Waals surface area contributed by atoms with Gasteiger partial charge in [0.15, 0.2) is 0 Å². The van der Waals surface area contributed by atoms with Crippen LogP contribution in [-0.2, 0) is 15.8 Å². The van der Waals surface area contributed by atoms with Crippen molar-refractivity contribution in [3.63, 3.8) is 0 Å². The van der Waals surface area contributed by atoms with E-state index in [1.807, 2.05) is 0 Å². The van der Waals surface area contributed by atoms with Crippen molar-refractivity contribution in [1.82, 2.24) is 0 Å². The molecule has 0 fully saturated rings. The number of carbonyl (C=O) groups excluding carboxylic acids is 2. The molecule has 0 aliphatic heterocycles. The molecule has 0 aliphatic carbocycles. The van der Waals surface area contributed by atoms with E-state index in [1.165, 1.54) is 12.1 Å². The summed E-state index contributed by atoms with van der Waals surface area (Å²) in [5.74, 6) is -1.33. The maximum Gasteiger partial charge on any atom is 0.416 e. The van der Waals surface area contributed by atoms with Crippen molar-refractivity contribution in [2.75, 3.05) is 10.6 Å². The molecule has 25 heavy (non-hydrogen) atoms. The standard InChI is InChI=1S/C17H14ClF3N2O2/c1-10-5-6-13(8-14(10)18)23-16(25)9-15(24)22-12-4-2-3-11(7-12)17(19,20)21/h2-8H,9H2,1H3,(H,22,24)(H,23,25). The van der Waals surface area contributed by atoms with Gasteiger partial charge in [0.2, 0.25) is 11.8 Å². The molecule has 0 radical (unpaired) electrons. The minimum atomic E-state index is -4.51. The molecule has 0 unspecified atom stereocenters. The fourth-order valence-electron chi connectivity index (χ4n) is 2.00. The van der Waals surface area contributed by atoms with E-state index < -0.39 is 30.0 Å². The minimum Gasteiger partial charge on any atom is -0.326 e. The van der Waals surface area contributed by atoms with Gasteiger partial charge in [-0.15, -0.1) is 0 Å². The maximum absolute atomic E-state index is 12.6. The Morgan fingerprint density at radius 3 is 2.16 bits per heavy atom. The maximum atomic E-state index is 12.6. The molecule has 0 saturated carbocycles. The number of nitrogens with one attached hydrogen (secondary N) is 2. The van der Waals surface area contributed by atoms with Crippen molar-refractivity contribution in [2.24, 2.45) is 0 Å². The molecular weight excluding hydrogens is 357 g/mol. The molecule has 0 bridgehead atoms. The van der Waals surface area contributed by atoms with Crippen molar-refractivity contribution < 1.29 is 22.8 Å². The summed E-state index contributed by atoms with van der Waals surface area (Å²) in [7, 11) is 0. The molecule has 0 atom stereocenters. The van der Waals surface area contributed by atoms with Crippen molar-refractivity contribution in [3.8, 4) is 0 Å². The Morgan fingerprint density at radius 2 is 1.60 bits per heavy atom. The summed E-state index contributed by atoms with van der Waals surface area (Å²) in [6, 6.07) is 9.06. The van der Waals surface area contributed by atoms with Crippen LogP contribution in [0.3, 0.4) is 0 Å². The van der Waals surface area contributed by atoms with E-state index >= 15 is 0 Å². The van der Waals surface area contributed by atoms with Gasteiger partial charge in [0.05, 0.1) is 5.56 Å². The third-order valence-electron chi connectivity index (χ3n) is 3.25. The molecule has 132 valence electrons. The third kappa shape index (κ3) is 5.49. The first-order chi connectivity index (χ1) is 11.6. The Kier molecular flexibility index (Phi) is 5.69. The van der Waals surface area contributed by atoms with Crippen LogP contribution in [0.25, 0.3) is 0 Å². The third-order valence-corrected chi connectivity index (χ3v) is 3.66. The fourth-order valence-corrected chi connectivity index (χ4v) is 2.18. The normalized spacial score (nSPS) is 11.1. The molecule has 0 spiro atoms. The van der Waals surface area contributed by atoms with Gasteiger partial charge >= 0.3 is 6.18 Å². The second-order valence-electron chi connectivity index (χ2n) is 5.32. The van der Waals surface area contributed by atoms with Gasteiger partial charge in [-0.05, 0) is 42.8 Å². The lowest BCUT2D eigenvalue weighted by atomic mass is 10.2. The van der Waals surface area contributed by atoms with Crippen LogP contribution in [0.4, 0.5) is 24.5 Å². The zero-order valence-corrected chi connectivity index (χ0v) is 13.8. The number of amides is 2. The number of hydrogen-bond donors (Lipinski definition) is 2. The van der Waals surface area contributed by atoms with Crippen LogP contribution in [-0.4, -0.2) is 11.8 Å². The first-order valence-electron chi connectivity index (χ1n) is 7.18. The number of alkyl halides is 3. The van der Waals surface area contributed by atoms with Crippen molar-refractivity contribution in [3.05, 3.63) is 58.6 Å². The van der Waals surface area contributed by atoms with Crippen LogP contribution < -0.4 is 10.6 Å². The Labute approximate surface area is 147 Å². The lowest BCUT2D eigenvalue weighted by Crippen LogP contribution is -2.21. The highest BCUT2D eigenvalue weighted by Crippen LogP contribution is 2.30. The van der Waals surface area contributed by atoms with Crippen LogP contribution in [0.5, 0.6) is 0 Å². The number of rotatable bonds is 4. The summed E-state index contributed by atoms with van der Waals surface area (Å²) in [5, 5.41) is 5.23. The van der Waals surface area contributed by atoms with E-state index in [0.717, 1.165) is 17.7 Å². The highest BCUT2D eigenvalue weighted by atomic mass is 35.5. The zero-order valence-electron chi connectivity index (χ0n) is 13.1. The van der Waals surface area contributed by atoms with Crippen LogP contribution >= 0.6 is 11.6 Å². The number of halogens is 4. The molecule has 0 aliphatic rings. The Bertz CT molecular complexity index is 807. The molecular formula is C17H14ClF3N2O2. The predicted molar refractivity (Wildman–Crippen MR) is 89.5 cm³/mol. The summed E-state index contributed by atoms with van der Waals surface area (Å²) in [4.78, 5) is 23.7. The van der Waals surface area contributed by atoms with Crippen LogP contribution in [0.1, 0.15) is 17.5 Å². The monoisotopic (exact) mass is 370 g/mol. The lowest BCUT2D eigenvalue weighted by Gasteiger charge is -2.10. The number of benzene rings is 2. The predicted octanol–water partition coefficient (Wildman–Crippen LogP) is 4.63. The van der Waals surface area contributed by atoms with Gasteiger partial charge in [0.25, 0.3) is 0 Å². The van der Waals surface area contributed by atoms with E-state index in [2.05, 4.69) is 10.6 Å². The van der Waals surface area contributed by atoms with Crippen molar-refractivity contribution in [2.45, 2.75) is 19.5 Å². The molecule has 4 nitrogen and oxygen atoms in total. The van der Waals surface area contributed by atoms with Crippen LogP contribution in [0.2, 0.25) is 5.02 Å². The first kappa shape index (κ1) is 18.8. The number of carbonyl (C=O) groups is 2. The molecule has 8 heteroatoms. The SMILES string of the molecule is Cc1ccc(NC(=O)CC(=O)Nc2cccc(C(F)(F)F)c2)cc1Cl. The van der Waals surface area contributed by atoms with Gasteiger partial charge in [0, 0.05) is 16.4 Å². The average Bonchev–Trinajstić information content (AvgIpc) is 2.50. The summed E-state index contributed by atoms with van der Waals surface area (Å²) in [5.41, 5.74) is 0.337. The van der Waals surface area contributed by atoms with Gasteiger partial charge in [0.1, 0.15) is 6.42 Å². The zero-order chi connectivity index (χ0) is 18.6. The van der Waals surface area contributed by atoms with E-state index in [-0.39, 0.29) is 5.69 Å².